The molecule has 0 aliphatic carbocycles. The lowest BCUT2D eigenvalue weighted by Crippen LogP contribution is -2.45. The fourth-order valence-electron chi connectivity index (χ4n) is 3.92. The van der Waals surface area contributed by atoms with E-state index in [1.54, 1.807) is 11.1 Å². The molecule has 1 atom stereocenters. The fourth-order valence-corrected chi connectivity index (χ4v) is 3.92. The molecule has 1 aromatic heterocycles. The maximum Gasteiger partial charge on any atom is 0.243 e. The second kappa shape index (κ2) is 8.41. The van der Waals surface area contributed by atoms with Crippen LogP contribution in [0.1, 0.15) is 24.5 Å². The Labute approximate surface area is 174 Å². The number of rotatable bonds is 5. The Hall–Kier alpha value is -3.61. The van der Waals surface area contributed by atoms with Crippen molar-refractivity contribution in [2.24, 2.45) is 5.92 Å². The molecule has 1 saturated heterocycles. The molecule has 2 aromatic carbocycles. The third-order valence-corrected chi connectivity index (χ3v) is 5.51. The van der Waals surface area contributed by atoms with E-state index < -0.39 is 5.92 Å². The van der Waals surface area contributed by atoms with Gasteiger partial charge in [-0.3, -0.25) is 25.2 Å². The highest BCUT2D eigenvalue weighted by atomic mass is 16.2. The second-order valence-electron chi connectivity index (χ2n) is 7.46. The number of aromatic nitrogens is 1. The van der Waals surface area contributed by atoms with Gasteiger partial charge in [0.15, 0.2) is 0 Å². The van der Waals surface area contributed by atoms with E-state index in [4.69, 9.17) is 0 Å². The number of carbonyl (C=O) groups excluding carboxylic acids is 3. The molecule has 0 saturated carbocycles. The zero-order valence-corrected chi connectivity index (χ0v) is 16.8. The number of H-pyrrole nitrogens is 1. The molecule has 1 aliphatic rings. The van der Waals surface area contributed by atoms with Gasteiger partial charge in [-0.25, -0.2) is 0 Å². The molecule has 0 bridgehead atoms. The molecule has 3 aromatic rings. The minimum absolute atomic E-state index is 0.0823. The molecular formula is C23H24N4O3. The molecule has 1 fully saturated rings. The first-order chi connectivity index (χ1) is 14.6. The summed E-state index contributed by atoms with van der Waals surface area (Å²) in [7, 11) is 0. The number of anilines is 1. The number of hydrogen-bond donors (Lipinski definition) is 3. The number of para-hydroxylation sites is 2. The summed E-state index contributed by atoms with van der Waals surface area (Å²) < 4.78 is 0. The van der Waals surface area contributed by atoms with Crippen LogP contribution in [0.4, 0.5) is 5.69 Å². The van der Waals surface area contributed by atoms with Crippen LogP contribution < -0.4 is 15.8 Å². The molecule has 154 valence electrons. The number of hydrazine groups is 1. The molecule has 0 spiro atoms. The van der Waals surface area contributed by atoms with Gasteiger partial charge in [-0.1, -0.05) is 43.3 Å². The van der Waals surface area contributed by atoms with E-state index in [2.05, 4.69) is 15.8 Å². The Morgan fingerprint density at radius 3 is 2.67 bits per heavy atom. The molecule has 4 rings (SSSR count). The molecule has 0 radical (unpaired) electrons. The van der Waals surface area contributed by atoms with Crippen molar-refractivity contribution in [3.05, 3.63) is 65.9 Å². The van der Waals surface area contributed by atoms with E-state index in [1.807, 2.05) is 55.5 Å². The summed E-state index contributed by atoms with van der Waals surface area (Å²) in [6.45, 7) is 2.34. The number of hydrogen-bond acceptors (Lipinski definition) is 3. The van der Waals surface area contributed by atoms with E-state index in [1.165, 1.54) is 0 Å². The third kappa shape index (κ3) is 3.91. The van der Waals surface area contributed by atoms with Crippen molar-refractivity contribution in [2.75, 3.05) is 11.4 Å². The summed E-state index contributed by atoms with van der Waals surface area (Å²) in [5.74, 6) is -1.25. The zero-order valence-electron chi connectivity index (χ0n) is 16.8. The largest absolute Gasteiger partial charge is 0.361 e. The molecule has 7 heteroatoms. The van der Waals surface area contributed by atoms with Crippen LogP contribution in [0.3, 0.4) is 0 Å². The summed E-state index contributed by atoms with van der Waals surface area (Å²) in [5, 5.41) is 0.977. The molecule has 3 amide bonds. The van der Waals surface area contributed by atoms with E-state index in [0.717, 1.165) is 34.1 Å². The van der Waals surface area contributed by atoms with E-state index in [0.29, 0.717) is 6.54 Å². The molecule has 2 heterocycles. The summed E-state index contributed by atoms with van der Waals surface area (Å²) in [6.07, 6.45) is 2.87. The van der Waals surface area contributed by atoms with Gasteiger partial charge < -0.3 is 9.88 Å². The first kappa shape index (κ1) is 19.7. The number of amides is 3. The highest BCUT2D eigenvalue weighted by Crippen LogP contribution is 2.28. The Morgan fingerprint density at radius 2 is 1.83 bits per heavy atom. The van der Waals surface area contributed by atoms with Gasteiger partial charge in [0.05, 0.1) is 12.3 Å². The standard InChI is InChI=1S/C23H24N4O3/c1-2-15-7-3-6-10-20(15)27-14-17(12-22(27)29)23(30)26-25-21(28)11-16-13-24-19-9-5-4-8-18(16)19/h3-10,13,17,24H,2,11-12,14H2,1H3,(H,25,28)(H,26,30). The van der Waals surface area contributed by atoms with Crippen molar-refractivity contribution in [1.29, 1.82) is 0 Å². The van der Waals surface area contributed by atoms with E-state index in [-0.39, 0.29) is 30.6 Å². The smallest absolute Gasteiger partial charge is 0.243 e. The van der Waals surface area contributed by atoms with Gasteiger partial charge in [0.1, 0.15) is 0 Å². The lowest BCUT2D eigenvalue weighted by molar-refractivity contribution is -0.131. The normalized spacial score (nSPS) is 16.1. The first-order valence-electron chi connectivity index (χ1n) is 10.1. The monoisotopic (exact) mass is 404 g/mol. The number of aryl methyl sites for hydroxylation is 1. The molecule has 30 heavy (non-hydrogen) atoms. The van der Waals surface area contributed by atoms with Gasteiger partial charge in [0, 0.05) is 35.8 Å². The fraction of sp³-hybridized carbons (Fsp3) is 0.261. The van der Waals surface area contributed by atoms with Crippen LogP contribution in [0.5, 0.6) is 0 Å². The van der Waals surface area contributed by atoms with Gasteiger partial charge in [0.2, 0.25) is 17.7 Å². The Bertz CT molecular complexity index is 1100. The first-order valence-corrected chi connectivity index (χ1v) is 10.1. The van der Waals surface area contributed by atoms with Crippen LogP contribution in [-0.4, -0.2) is 29.3 Å². The highest BCUT2D eigenvalue weighted by Gasteiger charge is 2.35. The topological polar surface area (TPSA) is 94.3 Å². The van der Waals surface area contributed by atoms with Gasteiger partial charge in [0.25, 0.3) is 0 Å². The SMILES string of the molecule is CCc1ccccc1N1CC(C(=O)NNC(=O)Cc2c[nH]c3ccccc23)CC1=O. The van der Waals surface area contributed by atoms with Gasteiger partial charge >= 0.3 is 0 Å². The number of aromatic amines is 1. The summed E-state index contributed by atoms with van der Waals surface area (Å²) in [4.78, 5) is 42.1. The molecule has 1 aliphatic heterocycles. The predicted octanol–water partition coefficient (Wildman–Crippen LogP) is 2.47. The van der Waals surface area contributed by atoms with Crippen LogP contribution in [0.15, 0.2) is 54.7 Å². The number of carbonyl (C=O) groups is 3. The molecule has 7 nitrogen and oxygen atoms in total. The van der Waals surface area contributed by atoms with Crippen molar-refractivity contribution in [2.45, 2.75) is 26.2 Å². The Kier molecular flexibility index (Phi) is 5.52. The van der Waals surface area contributed by atoms with Gasteiger partial charge in [-0.05, 0) is 29.7 Å². The van der Waals surface area contributed by atoms with Crippen LogP contribution in [-0.2, 0) is 27.2 Å². The van der Waals surface area contributed by atoms with E-state index >= 15 is 0 Å². The quantitative estimate of drug-likeness (QED) is 0.570. The number of benzene rings is 2. The predicted molar refractivity (Wildman–Crippen MR) is 115 cm³/mol. The van der Waals surface area contributed by atoms with Gasteiger partial charge in [-0.15, -0.1) is 0 Å². The van der Waals surface area contributed by atoms with Crippen LogP contribution in [0, 0.1) is 5.92 Å². The maximum absolute atomic E-state index is 12.5. The van der Waals surface area contributed by atoms with Crippen molar-refractivity contribution < 1.29 is 14.4 Å². The number of nitrogens with one attached hydrogen (secondary N) is 3. The average Bonchev–Trinajstić information content (AvgIpc) is 3.35. The number of fused-ring (bicyclic) bond motifs is 1. The highest BCUT2D eigenvalue weighted by molar-refractivity contribution is 6.01. The molecular weight excluding hydrogens is 380 g/mol. The van der Waals surface area contributed by atoms with Crippen molar-refractivity contribution in [1.82, 2.24) is 15.8 Å². The summed E-state index contributed by atoms with van der Waals surface area (Å²) >= 11 is 0. The van der Waals surface area contributed by atoms with Crippen molar-refractivity contribution in [3.63, 3.8) is 0 Å². The lowest BCUT2D eigenvalue weighted by atomic mass is 10.1. The average molecular weight is 404 g/mol. The van der Waals surface area contributed by atoms with Crippen molar-refractivity contribution >= 4 is 34.3 Å². The Balaban J connectivity index is 1.34. The molecule has 3 N–H and O–H groups in total. The van der Waals surface area contributed by atoms with Crippen LogP contribution in [0.2, 0.25) is 0 Å². The second-order valence-corrected chi connectivity index (χ2v) is 7.46. The number of nitrogens with zero attached hydrogens (tertiary/aromatic N) is 1. The van der Waals surface area contributed by atoms with Crippen molar-refractivity contribution in [3.8, 4) is 0 Å². The zero-order chi connectivity index (χ0) is 21.1. The summed E-state index contributed by atoms with van der Waals surface area (Å²) in [6, 6.07) is 15.4. The minimum atomic E-state index is -0.504. The van der Waals surface area contributed by atoms with Crippen LogP contribution >= 0.6 is 0 Å². The Morgan fingerprint density at radius 1 is 1.07 bits per heavy atom. The third-order valence-electron chi connectivity index (χ3n) is 5.51. The molecule has 1 unspecified atom stereocenters. The van der Waals surface area contributed by atoms with E-state index in [9.17, 15) is 14.4 Å². The minimum Gasteiger partial charge on any atom is -0.361 e. The lowest BCUT2D eigenvalue weighted by Gasteiger charge is -2.20. The van der Waals surface area contributed by atoms with Crippen LogP contribution in [0.25, 0.3) is 10.9 Å². The summed E-state index contributed by atoms with van der Waals surface area (Å²) in [5.41, 5.74) is 8.69. The van der Waals surface area contributed by atoms with Gasteiger partial charge in [-0.2, -0.15) is 0 Å². The maximum atomic E-state index is 12.5.